The first-order valence-electron chi connectivity index (χ1n) is 9.79. The number of benzene rings is 2. The standard InChI is InChI=1S/C24H22N2O4/c1-15(11-12-21-22(27)26-24(28)30-21)19-10-6-7-17(13-19)14-20-16(2)29-23(25-20)18-8-4-3-5-9-18/h3-11,13,21H,12,14H2,1-2H3,(H,26,27,28)/b15-11-. The Bertz CT molecular complexity index is 1120. The van der Waals surface area contributed by atoms with Gasteiger partial charge >= 0.3 is 6.09 Å². The quantitative estimate of drug-likeness (QED) is 0.648. The van der Waals surface area contributed by atoms with Gasteiger partial charge in [-0.1, -0.05) is 48.5 Å². The summed E-state index contributed by atoms with van der Waals surface area (Å²) < 4.78 is 10.8. The molecule has 1 aliphatic rings. The van der Waals surface area contributed by atoms with Gasteiger partial charge in [-0.2, -0.15) is 0 Å². The molecule has 1 fully saturated rings. The number of nitrogens with zero attached hydrogens (tertiary/aromatic N) is 1. The Morgan fingerprint density at radius 3 is 2.67 bits per heavy atom. The Kier molecular flexibility index (Phi) is 5.48. The zero-order chi connectivity index (χ0) is 21.1. The van der Waals surface area contributed by atoms with Gasteiger partial charge in [0.15, 0.2) is 6.10 Å². The second-order valence-corrected chi connectivity index (χ2v) is 7.27. The number of hydrogen-bond donors (Lipinski definition) is 1. The predicted molar refractivity (Wildman–Crippen MR) is 113 cm³/mol. The van der Waals surface area contributed by atoms with Gasteiger partial charge in [-0.15, -0.1) is 0 Å². The van der Waals surface area contributed by atoms with Crippen LogP contribution in [0.3, 0.4) is 0 Å². The fraction of sp³-hybridized carbons (Fsp3) is 0.208. The molecule has 3 aromatic rings. The molecule has 1 aliphatic heterocycles. The third-order valence-electron chi connectivity index (χ3n) is 5.07. The average molecular weight is 402 g/mol. The fourth-order valence-corrected chi connectivity index (χ4v) is 3.37. The number of rotatable bonds is 6. The summed E-state index contributed by atoms with van der Waals surface area (Å²) in [4.78, 5) is 27.4. The smallest absolute Gasteiger partial charge is 0.414 e. The number of carbonyl (C=O) groups excluding carboxylic acids is 2. The Morgan fingerprint density at radius 1 is 1.13 bits per heavy atom. The first-order chi connectivity index (χ1) is 14.5. The number of aromatic nitrogens is 1. The van der Waals surface area contributed by atoms with E-state index in [1.54, 1.807) is 0 Å². The molecule has 1 atom stereocenters. The van der Waals surface area contributed by atoms with Crippen LogP contribution in [0.4, 0.5) is 4.79 Å². The minimum Gasteiger partial charge on any atom is -0.441 e. The number of imide groups is 1. The second kappa shape index (κ2) is 8.37. The summed E-state index contributed by atoms with van der Waals surface area (Å²) in [6, 6.07) is 18.0. The van der Waals surface area contributed by atoms with E-state index in [1.807, 2.05) is 62.4 Å². The van der Waals surface area contributed by atoms with E-state index >= 15 is 0 Å². The van der Waals surface area contributed by atoms with Gasteiger partial charge in [0.2, 0.25) is 5.89 Å². The van der Waals surface area contributed by atoms with Crippen molar-refractivity contribution in [3.63, 3.8) is 0 Å². The maximum atomic E-state index is 11.6. The Hall–Kier alpha value is -3.67. The zero-order valence-corrected chi connectivity index (χ0v) is 16.8. The number of oxazole rings is 1. The van der Waals surface area contributed by atoms with Crippen molar-refractivity contribution in [3.8, 4) is 11.5 Å². The molecule has 4 rings (SSSR count). The van der Waals surface area contributed by atoms with Crippen molar-refractivity contribution in [2.45, 2.75) is 32.8 Å². The van der Waals surface area contributed by atoms with Gasteiger partial charge in [-0.3, -0.25) is 10.1 Å². The molecule has 0 spiro atoms. The molecule has 6 nitrogen and oxygen atoms in total. The largest absolute Gasteiger partial charge is 0.441 e. The summed E-state index contributed by atoms with van der Waals surface area (Å²) in [5, 5.41) is 2.14. The number of allylic oxidation sites excluding steroid dienone is 1. The molecule has 2 amide bonds. The van der Waals surface area contributed by atoms with E-state index in [1.165, 1.54) is 0 Å². The molecule has 1 N–H and O–H groups in total. The van der Waals surface area contributed by atoms with Crippen LogP contribution < -0.4 is 5.32 Å². The first kappa shape index (κ1) is 19.6. The minimum atomic E-state index is -0.759. The lowest BCUT2D eigenvalue weighted by molar-refractivity contribution is -0.123. The molecule has 152 valence electrons. The molecule has 1 saturated heterocycles. The molecule has 0 radical (unpaired) electrons. The van der Waals surface area contributed by atoms with E-state index < -0.39 is 18.1 Å². The lowest BCUT2D eigenvalue weighted by Crippen LogP contribution is -2.23. The molecule has 6 heteroatoms. The van der Waals surface area contributed by atoms with Gasteiger partial charge < -0.3 is 9.15 Å². The third kappa shape index (κ3) is 4.33. The van der Waals surface area contributed by atoms with Crippen molar-refractivity contribution in [3.05, 3.63) is 83.3 Å². The zero-order valence-electron chi connectivity index (χ0n) is 16.8. The second-order valence-electron chi connectivity index (χ2n) is 7.27. The van der Waals surface area contributed by atoms with Crippen LogP contribution in [0.5, 0.6) is 0 Å². The van der Waals surface area contributed by atoms with Crippen LogP contribution in [0.25, 0.3) is 17.0 Å². The number of carbonyl (C=O) groups is 2. The lowest BCUT2D eigenvalue weighted by atomic mass is 10.0. The van der Waals surface area contributed by atoms with Crippen molar-refractivity contribution >= 4 is 17.6 Å². The molecule has 1 aromatic heterocycles. The number of cyclic esters (lactones) is 1. The number of hydrogen-bond acceptors (Lipinski definition) is 5. The monoisotopic (exact) mass is 402 g/mol. The van der Waals surface area contributed by atoms with Gasteiger partial charge in [-0.05, 0) is 42.7 Å². The Morgan fingerprint density at radius 2 is 1.93 bits per heavy atom. The molecule has 0 bridgehead atoms. The maximum absolute atomic E-state index is 11.6. The molecule has 1 unspecified atom stereocenters. The Labute approximate surface area is 174 Å². The van der Waals surface area contributed by atoms with Gasteiger partial charge in [0, 0.05) is 18.4 Å². The van der Waals surface area contributed by atoms with Crippen LogP contribution in [-0.2, 0) is 16.0 Å². The van der Waals surface area contributed by atoms with E-state index in [0.717, 1.165) is 33.7 Å². The molecule has 2 heterocycles. The van der Waals surface area contributed by atoms with Gasteiger partial charge in [-0.25, -0.2) is 9.78 Å². The Balaban J connectivity index is 1.49. The van der Waals surface area contributed by atoms with Crippen LogP contribution in [-0.4, -0.2) is 23.1 Å². The van der Waals surface area contributed by atoms with Crippen LogP contribution >= 0.6 is 0 Å². The molecule has 30 heavy (non-hydrogen) atoms. The predicted octanol–water partition coefficient (Wildman–Crippen LogP) is 4.67. The summed E-state index contributed by atoms with van der Waals surface area (Å²) >= 11 is 0. The normalized spacial score (nSPS) is 16.5. The molecule has 0 aliphatic carbocycles. The van der Waals surface area contributed by atoms with Gasteiger partial charge in [0.1, 0.15) is 5.76 Å². The number of aryl methyl sites for hydroxylation is 1. The highest BCUT2D eigenvalue weighted by molar-refractivity contribution is 6.00. The number of amides is 2. The van der Waals surface area contributed by atoms with Crippen molar-refractivity contribution in [2.24, 2.45) is 0 Å². The highest BCUT2D eigenvalue weighted by Gasteiger charge is 2.30. The number of nitrogens with one attached hydrogen (secondary N) is 1. The SMILES string of the molecule is C/C(=C/CC1OC(=O)NC1=O)c1cccc(Cc2nc(-c3ccccc3)oc2C)c1. The third-order valence-corrected chi connectivity index (χ3v) is 5.07. The molecular formula is C24H22N2O4. The minimum absolute atomic E-state index is 0.344. The number of ether oxygens (including phenoxy) is 1. The molecule has 2 aromatic carbocycles. The van der Waals surface area contributed by atoms with Crippen LogP contribution in [0.2, 0.25) is 0 Å². The van der Waals surface area contributed by atoms with E-state index in [0.29, 0.717) is 18.7 Å². The van der Waals surface area contributed by atoms with Crippen molar-refractivity contribution in [2.75, 3.05) is 0 Å². The van der Waals surface area contributed by atoms with Crippen LogP contribution in [0, 0.1) is 6.92 Å². The lowest BCUT2D eigenvalue weighted by Gasteiger charge is -2.07. The molecular weight excluding hydrogens is 380 g/mol. The van der Waals surface area contributed by atoms with Crippen molar-refractivity contribution < 1.29 is 18.7 Å². The van der Waals surface area contributed by atoms with Crippen LogP contribution in [0.1, 0.15) is 35.9 Å². The highest BCUT2D eigenvalue weighted by Crippen LogP contribution is 2.24. The first-order valence-corrected chi connectivity index (χ1v) is 9.79. The van der Waals surface area contributed by atoms with E-state index in [4.69, 9.17) is 9.15 Å². The van der Waals surface area contributed by atoms with Gasteiger partial charge in [0.05, 0.1) is 5.69 Å². The maximum Gasteiger partial charge on any atom is 0.414 e. The fourth-order valence-electron chi connectivity index (χ4n) is 3.37. The van der Waals surface area contributed by atoms with Crippen molar-refractivity contribution in [1.29, 1.82) is 0 Å². The summed E-state index contributed by atoms with van der Waals surface area (Å²) in [7, 11) is 0. The topological polar surface area (TPSA) is 81.4 Å². The van der Waals surface area contributed by atoms with E-state index in [9.17, 15) is 9.59 Å². The van der Waals surface area contributed by atoms with Crippen molar-refractivity contribution in [1.82, 2.24) is 10.3 Å². The summed E-state index contributed by atoms with van der Waals surface area (Å²) in [5.74, 6) is 1.04. The summed E-state index contributed by atoms with van der Waals surface area (Å²) in [5.41, 5.74) is 5.02. The van der Waals surface area contributed by atoms with Crippen LogP contribution in [0.15, 0.2) is 65.1 Å². The summed E-state index contributed by atoms with van der Waals surface area (Å²) in [6.07, 6.45) is 1.47. The average Bonchev–Trinajstić information content (AvgIpc) is 3.28. The number of alkyl carbamates (subject to hydrolysis) is 1. The van der Waals surface area contributed by atoms with Gasteiger partial charge in [0.25, 0.3) is 5.91 Å². The molecule has 0 saturated carbocycles. The summed E-state index contributed by atoms with van der Waals surface area (Å²) in [6.45, 7) is 3.90. The van der Waals surface area contributed by atoms with E-state index in [-0.39, 0.29) is 0 Å². The van der Waals surface area contributed by atoms with E-state index in [2.05, 4.69) is 22.4 Å². The highest BCUT2D eigenvalue weighted by atomic mass is 16.6.